The molecule has 0 spiro atoms. The minimum Gasteiger partial charge on any atom is -0.493 e. The summed E-state index contributed by atoms with van der Waals surface area (Å²) >= 11 is 0. The number of carbonyl (C=O) groups excluding carboxylic acids is 1. The highest BCUT2D eigenvalue weighted by Crippen LogP contribution is 2.30. The third-order valence-electron chi connectivity index (χ3n) is 3.41. The van der Waals surface area contributed by atoms with Gasteiger partial charge in [0.2, 0.25) is 5.91 Å². The molecular weight excluding hydrogens is 322 g/mol. The molecule has 8 nitrogen and oxygen atoms in total. The van der Waals surface area contributed by atoms with E-state index < -0.39 is 0 Å². The van der Waals surface area contributed by atoms with E-state index in [4.69, 9.17) is 9.47 Å². The Morgan fingerprint density at radius 2 is 1.88 bits per heavy atom. The van der Waals surface area contributed by atoms with Gasteiger partial charge in [-0.15, -0.1) is 5.10 Å². The lowest BCUT2D eigenvalue weighted by Gasteiger charge is -2.10. The first-order valence-electron chi connectivity index (χ1n) is 7.62. The third-order valence-corrected chi connectivity index (χ3v) is 3.41. The van der Waals surface area contributed by atoms with Gasteiger partial charge in [0, 0.05) is 6.54 Å². The van der Waals surface area contributed by atoms with Crippen LogP contribution in [0, 0.1) is 0 Å². The number of nitrogens with one attached hydrogen (secondary N) is 1. The second kappa shape index (κ2) is 7.91. The molecule has 128 valence electrons. The normalized spacial score (nSPS) is 10.3. The van der Waals surface area contributed by atoms with Crippen LogP contribution in [0.5, 0.6) is 17.2 Å². The first kappa shape index (κ1) is 16.4. The Morgan fingerprint density at radius 1 is 1.12 bits per heavy atom. The number of tetrazole rings is 1. The second-order valence-corrected chi connectivity index (χ2v) is 5.18. The van der Waals surface area contributed by atoms with E-state index in [-0.39, 0.29) is 12.5 Å². The van der Waals surface area contributed by atoms with Crippen LogP contribution in [0.25, 0.3) is 0 Å². The summed E-state index contributed by atoms with van der Waals surface area (Å²) < 4.78 is 12.4. The van der Waals surface area contributed by atoms with Crippen molar-refractivity contribution >= 4 is 5.91 Å². The summed E-state index contributed by atoms with van der Waals surface area (Å²) in [6, 6.07) is 14.9. The van der Waals surface area contributed by atoms with Gasteiger partial charge in [-0.05, 0) is 40.3 Å². The lowest BCUT2D eigenvalue weighted by atomic mass is 10.2. The van der Waals surface area contributed by atoms with Crippen molar-refractivity contribution in [1.82, 2.24) is 25.5 Å². The predicted octanol–water partition coefficient (Wildman–Crippen LogP) is 1.79. The van der Waals surface area contributed by atoms with E-state index >= 15 is 0 Å². The maximum Gasteiger partial charge on any atom is 0.242 e. The standard InChI is InChI=1S/C17H17N5O3/c1-24-15-4-2-3-5-16(15)25-14-8-6-13(7-9-14)10-18-17(23)11-22-12-19-20-21-22/h2-9,12H,10-11H2,1H3,(H,18,23). The molecule has 0 aliphatic carbocycles. The Bertz CT molecular complexity index is 819. The largest absolute Gasteiger partial charge is 0.493 e. The summed E-state index contributed by atoms with van der Waals surface area (Å²) in [5, 5.41) is 13.4. The lowest BCUT2D eigenvalue weighted by molar-refractivity contribution is -0.122. The maximum absolute atomic E-state index is 11.8. The number of benzene rings is 2. The Kier molecular flexibility index (Phi) is 5.20. The van der Waals surface area contributed by atoms with Crippen LogP contribution in [0.1, 0.15) is 5.56 Å². The van der Waals surface area contributed by atoms with E-state index in [0.29, 0.717) is 23.8 Å². The molecular formula is C17H17N5O3. The van der Waals surface area contributed by atoms with Crippen LogP contribution in [0.3, 0.4) is 0 Å². The molecule has 25 heavy (non-hydrogen) atoms. The van der Waals surface area contributed by atoms with Crippen molar-refractivity contribution in [2.45, 2.75) is 13.1 Å². The fraction of sp³-hybridized carbons (Fsp3) is 0.176. The molecule has 0 aliphatic heterocycles. The fourth-order valence-electron chi connectivity index (χ4n) is 2.16. The molecule has 0 unspecified atom stereocenters. The molecule has 0 radical (unpaired) electrons. The van der Waals surface area contributed by atoms with Crippen LogP contribution >= 0.6 is 0 Å². The molecule has 0 saturated heterocycles. The van der Waals surface area contributed by atoms with Crippen molar-refractivity contribution in [3.63, 3.8) is 0 Å². The zero-order valence-electron chi connectivity index (χ0n) is 13.6. The first-order valence-corrected chi connectivity index (χ1v) is 7.62. The van der Waals surface area contributed by atoms with Crippen molar-refractivity contribution in [3.8, 4) is 17.2 Å². The molecule has 8 heteroatoms. The number of hydrogen-bond acceptors (Lipinski definition) is 6. The first-order chi connectivity index (χ1) is 12.2. The van der Waals surface area contributed by atoms with Gasteiger partial charge in [0.15, 0.2) is 11.5 Å². The number of aromatic nitrogens is 4. The van der Waals surface area contributed by atoms with Gasteiger partial charge in [-0.1, -0.05) is 24.3 Å². The van der Waals surface area contributed by atoms with Crippen LogP contribution < -0.4 is 14.8 Å². The zero-order chi connectivity index (χ0) is 17.5. The van der Waals surface area contributed by atoms with Crippen LogP contribution in [0.2, 0.25) is 0 Å². The van der Waals surface area contributed by atoms with Crippen molar-refractivity contribution in [3.05, 3.63) is 60.4 Å². The number of rotatable bonds is 7. The van der Waals surface area contributed by atoms with Crippen molar-refractivity contribution < 1.29 is 14.3 Å². The van der Waals surface area contributed by atoms with Gasteiger partial charge in [-0.2, -0.15) is 0 Å². The molecule has 2 aromatic carbocycles. The zero-order valence-corrected chi connectivity index (χ0v) is 13.6. The summed E-state index contributed by atoms with van der Waals surface area (Å²) in [4.78, 5) is 11.8. The molecule has 1 N–H and O–H groups in total. The Hall–Kier alpha value is -3.42. The van der Waals surface area contributed by atoms with E-state index in [2.05, 4.69) is 20.8 Å². The summed E-state index contributed by atoms with van der Waals surface area (Å²) in [5.74, 6) is 1.84. The van der Waals surface area contributed by atoms with Crippen molar-refractivity contribution in [2.24, 2.45) is 0 Å². The summed E-state index contributed by atoms with van der Waals surface area (Å²) in [7, 11) is 1.60. The molecule has 0 aliphatic rings. The van der Waals surface area contributed by atoms with E-state index in [1.54, 1.807) is 7.11 Å². The number of hydrogen-bond donors (Lipinski definition) is 1. The Labute approximate surface area is 144 Å². The van der Waals surface area contributed by atoms with Gasteiger partial charge >= 0.3 is 0 Å². The number of para-hydroxylation sites is 2. The minimum absolute atomic E-state index is 0.0853. The lowest BCUT2D eigenvalue weighted by Crippen LogP contribution is -2.27. The quantitative estimate of drug-likeness (QED) is 0.706. The van der Waals surface area contributed by atoms with Crippen LogP contribution in [0.15, 0.2) is 54.9 Å². The molecule has 0 atom stereocenters. The number of nitrogens with zero attached hydrogens (tertiary/aromatic N) is 4. The molecule has 1 amide bonds. The number of amides is 1. The van der Waals surface area contributed by atoms with Crippen LogP contribution in [-0.2, 0) is 17.9 Å². The molecule has 0 bridgehead atoms. The van der Waals surface area contributed by atoms with Gasteiger partial charge in [0.05, 0.1) is 7.11 Å². The predicted molar refractivity (Wildman–Crippen MR) is 89.2 cm³/mol. The Morgan fingerprint density at radius 3 is 2.56 bits per heavy atom. The molecule has 0 fully saturated rings. The topological polar surface area (TPSA) is 91.2 Å². The maximum atomic E-state index is 11.8. The Balaban J connectivity index is 1.54. The summed E-state index contributed by atoms with van der Waals surface area (Å²) in [5.41, 5.74) is 0.956. The van der Waals surface area contributed by atoms with E-state index in [1.165, 1.54) is 11.0 Å². The monoisotopic (exact) mass is 339 g/mol. The average Bonchev–Trinajstić information content (AvgIpc) is 3.14. The summed E-state index contributed by atoms with van der Waals surface area (Å²) in [6.45, 7) is 0.498. The highest BCUT2D eigenvalue weighted by atomic mass is 16.5. The van der Waals surface area contributed by atoms with Crippen molar-refractivity contribution in [1.29, 1.82) is 0 Å². The van der Waals surface area contributed by atoms with Gasteiger partial charge in [-0.3, -0.25) is 4.79 Å². The van der Waals surface area contributed by atoms with Gasteiger partial charge in [-0.25, -0.2) is 4.68 Å². The van der Waals surface area contributed by atoms with E-state index in [0.717, 1.165) is 5.56 Å². The SMILES string of the molecule is COc1ccccc1Oc1ccc(CNC(=O)Cn2cnnn2)cc1. The molecule has 1 heterocycles. The second-order valence-electron chi connectivity index (χ2n) is 5.18. The van der Waals surface area contributed by atoms with Crippen LogP contribution in [-0.4, -0.2) is 33.2 Å². The molecule has 3 aromatic rings. The smallest absolute Gasteiger partial charge is 0.242 e. The highest BCUT2D eigenvalue weighted by Gasteiger charge is 2.06. The van der Waals surface area contributed by atoms with E-state index in [1.807, 2.05) is 48.5 Å². The van der Waals surface area contributed by atoms with Gasteiger partial charge in [0.25, 0.3) is 0 Å². The minimum atomic E-state index is -0.165. The number of ether oxygens (including phenoxy) is 2. The van der Waals surface area contributed by atoms with Gasteiger partial charge < -0.3 is 14.8 Å². The third kappa shape index (κ3) is 4.54. The number of carbonyl (C=O) groups is 1. The molecule has 3 rings (SSSR count). The highest BCUT2D eigenvalue weighted by molar-refractivity contribution is 5.75. The molecule has 1 aromatic heterocycles. The fourth-order valence-corrected chi connectivity index (χ4v) is 2.16. The summed E-state index contributed by atoms with van der Waals surface area (Å²) in [6.07, 6.45) is 1.39. The average molecular weight is 339 g/mol. The van der Waals surface area contributed by atoms with Gasteiger partial charge in [0.1, 0.15) is 18.6 Å². The van der Waals surface area contributed by atoms with E-state index in [9.17, 15) is 4.79 Å². The van der Waals surface area contributed by atoms with Crippen LogP contribution in [0.4, 0.5) is 0 Å². The molecule has 0 saturated carbocycles. The number of methoxy groups -OCH3 is 1. The van der Waals surface area contributed by atoms with Crippen molar-refractivity contribution in [2.75, 3.05) is 7.11 Å².